The third-order valence-corrected chi connectivity index (χ3v) is 5.88. The minimum absolute atomic E-state index is 0.309. The van der Waals surface area contributed by atoms with Gasteiger partial charge in [-0.2, -0.15) is 11.8 Å². The maximum Gasteiger partial charge on any atom is 0.124 e. The Kier molecular flexibility index (Phi) is 5.93. The van der Waals surface area contributed by atoms with Crippen LogP contribution in [0, 0.1) is 12.7 Å². The second-order valence-electron chi connectivity index (χ2n) is 5.62. The van der Waals surface area contributed by atoms with Gasteiger partial charge in [0, 0.05) is 28.3 Å². The van der Waals surface area contributed by atoms with E-state index in [0.717, 1.165) is 27.8 Å². The summed E-state index contributed by atoms with van der Waals surface area (Å²) in [6, 6.07) is 13.1. The van der Waals surface area contributed by atoms with Gasteiger partial charge in [0.25, 0.3) is 0 Å². The lowest BCUT2D eigenvalue weighted by molar-refractivity contribution is 0.627. The number of benzene rings is 2. The molecule has 24 heavy (non-hydrogen) atoms. The van der Waals surface area contributed by atoms with Gasteiger partial charge < -0.3 is 0 Å². The van der Waals surface area contributed by atoms with Crippen LogP contribution < -0.4 is 0 Å². The highest BCUT2D eigenvalue weighted by Gasteiger charge is 2.07. The van der Waals surface area contributed by atoms with Gasteiger partial charge in [0.05, 0.1) is 10.7 Å². The molecular weight excluding hydrogens is 361 g/mol. The second-order valence-corrected chi connectivity index (χ2v) is 7.96. The Labute approximate surface area is 154 Å². The van der Waals surface area contributed by atoms with Gasteiger partial charge in [0.2, 0.25) is 0 Å². The van der Waals surface area contributed by atoms with E-state index in [4.69, 9.17) is 11.6 Å². The third-order valence-electron chi connectivity index (χ3n) is 3.60. The first kappa shape index (κ1) is 17.5. The molecule has 1 nitrogen and oxygen atoms in total. The number of thiazole rings is 1. The fraction of sp³-hybridized carbons (Fsp3) is 0.211. The normalized spacial score (nSPS) is 11.0. The predicted molar refractivity (Wildman–Crippen MR) is 103 cm³/mol. The highest BCUT2D eigenvalue weighted by molar-refractivity contribution is 7.97. The maximum absolute atomic E-state index is 13.1. The van der Waals surface area contributed by atoms with Crippen LogP contribution in [0.15, 0.2) is 47.8 Å². The molecule has 124 valence electrons. The van der Waals surface area contributed by atoms with Crippen LogP contribution in [0.25, 0.3) is 0 Å². The average Bonchev–Trinajstić information content (AvgIpc) is 3.00. The van der Waals surface area contributed by atoms with Crippen molar-refractivity contribution >= 4 is 34.7 Å². The number of rotatable bonds is 6. The summed E-state index contributed by atoms with van der Waals surface area (Å²) in [6.07, 6.45) is 0.645. The van der Waals surface area contributed by atoms with Crippen molar-refractivity contribution in [2.45, 2.75) is 24.9 Å². The molecule has 3 rings (SSSR count). The molecule has 0 aliphatic carbocycles. The monoisotopic (exact) mass is 377 g/mol. The summed E-state index contributed by atoms with van der Waals surface area (Å²) in [7, 11) is 0. The predicted octanol–water partition coefficient (Wildman–Crippen LogP) is 6.27. The summed E-state index contributed by atoms with van der Waals surface area (Å²) < 4.78 is 13.1. The first-order chi connectivity index (χ1) is 11.6. The SMILES string of the molecule is Cc1ccc(CSCc2csc(Cc3ccc(F)cc3Cl)n2)cc1. The molecule has 0 bridgehead atoms. The van der Waals surface area contributed by atoms with Gasteiger partial charge in [0.1, 0.15) is 5.82 Å². The molecule has 3 aromatic rings. The van der Waals surface area contributed by atoms with Crippen LogP contribution >= 0.6 is 34.7 Å². The quantitative estimate of drug-likeness (QED) is 0.502. The van der Waals surface area contributed by atoms with E-state index in [1.165, 1.54) is 23.3 Å². The molecule has 0 saturated heterocycles. The van der Waals surface area contributed by atoms with E-state index in [1.807, 2.05) is 11.8 Å². The molecule has 5 heteroatoms. The standard InChI is InChI=1S/C19H17ClFNS2/c1-13-2-4-14(5-3-13)10-23-11-17-12-24-19(22-17)8-15-6-7-16(21)9-18(15)20/h2-7,9,12H,8,10-11H2,1H3. The third kappa shape index (κ3) is 4.82. The van der Waals surface area contributed by atoms with Gasteiger partial charge in [-0.25, -0.2) is 9.37 Å². The number of aromatic nitrogens is 1. The Morgan fingerprint density at radius 3 is 2.67 bits per heavy atom. The molecule has 0 aliphatic rings. The highest BCUT2D eigenvalue weighted by Crippen LogP contribution is 2.24. The van der Waals surface area contributed by atoms with Gasteiger partial charge in [-0.3, -0.25) is 0 Å². The first-order valence-electron chi connectivity index (χ1n) is 7.60. The summed E-state index contributed by atoms with van der Waals surface area (Å²) in [5, 5.41) is 3.56. The lowest BCUT2D eigenvalue weighted by atomic mass is 10.1. The van der Waals surface area contributed by atoms with E-state index >= 15 is 0 Å². The average molecular weight is 378 g/mol. The van der Waals surface area contributed by atoms with Crippen molar-refractivity contribution in [3.05, 3.63) is 86.1 Å². The Bertz CT molecular complexity index is 814. The summed E-state index contributed by atoms with van der Waals surface area (Å²) >= 11 is 9.57. The molecule has 0 amide bonds. The van der Waals surface area contributed by atoms with E-state index in [2.05, 4.69) is 41.6 Å². The Balaban J connectivity index is 1.54. The minimum Gasteiger partial charge on any atom is -0.245 e. The molecule has 2 aromatic carbocycles. The maximum atomic E-state index is 13.1. The summed E-state index contributed by atoms with van der Waals surface area (Å²) in [5.74, 6) is 1.56. The van der Waals surface area contributed by atoms with E-state index < -0.39 is 0 Å². The number of hydrogen-bond donors (Lipinski definition) is 0. The number of nitrogens with zero attached hydrogens (tertiary/aromatic N) is 1. The van der Waals surface area contributed by atoms with Crippen LogP contribution in [0.3, 0.4) is 0 Å². The zero-order chi connectivity index (χ0) is 16.9. The van der Waals surface area contributed by atoms with Crippen LogP contribution in [-0.2, 0) is 17.9 Å². The number of aryl methyl sites for hydroxylation is 1. The second kappa shape index (κ2) is 8.15. The van der Waals surface area contributed by atoms with Crippen molar-refractivity contribution < 1.29 is 4.39 Å². The molecule has 0 unspecified atom stereocenters. The van der Waals surface area contributed by atoms with Crippen LogP contribution in [-0.4, -0.2) is 4.98 Å². The Morgan fingerprint density at radius 1 is 1.12 bits per heavy atom. The molecule has 0 radical (unpaired) electrons. The van der Waals surface area contributed by atoms with Crippen molar-refractivity contribution in [2.75, 3.05) is 0 Å². The van der Waals surface area contributed by atoms with Crippen molar-refractivity contribution in [1.29, 1.82) is 0 Å². The topological polar surface area (TPSA) is 12.9 Å². The van der Waals surface area contributed by atoms with E-state index in [9.17, 15) is 4.39 Å². The number of halogens is 2. The Morgan fingerprint density at radius 2 is 1.92 bits per heavy atom. The molecule has 1 heterocycles. The molecule has 0 spiro atoms. The van der Waals surface area contributed by atoms with Gasteiger partial charge in [-0.1, -0.05) is 47.5 Å². The highest BCUT2D eigenvalue weighted by atomic mass is 35.5. The summed E-state index contributed by atoms with van der Waals surface area (Å²) in [6.45, 7) is 2.10. The Hall–Kier alpha value is -1.36. The van der Waals surface area contributed by atoms with Crippen LogP contribution in [0.4, 0.5) is 4.39 Å². The lowest BCUT2D eigenvalue weighted by Gasteiger charge is -2.02. The molecule has 1 aromatic heterocycles. The molecule has 0 atom stereocenters. The molecule has 0 aliphatic heterocycles. The first-order valence-corrected chi connectivity index (χ1v) is 10.0. The van der Waals surface area contributed by atoms with Gasteiger partial charge >= 0.3 is 0 Å². The van der Waals surface area contributed by atoms with Crippen molar-refractivity contribution in [3.8, 4) is 0 Å². The number of hydrogen-bond acceptors (Lipinski definition) is 3. The van der Waals surface area contributed by atoms with E-state index in [-0.39, 0.29) is 5.82 Å². The van der Waals surface area contributed by atoms with Gasteiger partial charge in [0.15, 0.2) is 0 Å². The van der Waals surface area contributed by atoms with Crippen molar-refractivity contribution in [1.82, 2.24) is 4.98 Å². The van der Waals surface area contributed by atoms with Crippen molar-refractivity contribution in [3.63, 3.8) is 0 Å². The van der Waals surface area contributed by atoms with Crippen LogP contribution in [0.1, 0.15) is 27.4 Å². The van der Waals surface area contributed by atoms with E-state index in [0.29, 0.717) is 11.4 Å². The van der Waals surface area contributed by atoms with Crippen LogP contribution in [0.2, 0.25) is 5.02 Å². The van der Waals surface area contributed by atoms with Crippen molar-refractivity contribution in [2.24, 2.45) is 0 Å². The number of thioether (sulfide) groups is 1. The summed E-state index contributed by atoms with van der Waals surface area (Å²) in [4.78, 5) is 4.66. The molecule has 0 N–H and O–H groups in total. The molecular formula is C19H17ClFNS2. The summed E-state index contributed by atoms with van der Waals surface area (Å²) in [5.41, 5.74) is 4.61. The molecule has 0 saturated carbocycles. The fourth-order valence-corrected chi connectivity index (χ4v) is 4.33. The van der Waals surface area contributed by atoms with E-state index in [1.54, 1.807) is 17.4 Å². The largest absolute Gasteiger partial charge is 0.245 e. The molecule has 0 fully saturated rings. The van der Waals surface area contributed by atoms with Crippen LogP contribution in [0.5, 0.6) is 0 Å². The smallest absolute Gasteiger partial charge is 0.124 e. The minimum atomic E-state index is -0.309. The zero-order valence-corrected chi connectivity index (χ0v) is 15.6. The lowest BCUT2D eigenvalue weighted by Crippen LogP contribution is -1.91. The van der Waals surface area contributed by atoms with Gasteiger partial charge in [-0.15, -0.1) is 11.3 Å². The zero-order valence-electron chi connectivity index (χ0n) is 13.3. The fourth-order valence-electron chi connectivity index (χ4n) is 2.28. The van der Waals surface area contributed by atoms with Gasteiger partial charge in [-0.05, 0) is 30.2 Å².